The second-order valence-electron chi connectivity index (χ2n) is 7.90. The number of piperazine rings is 1. The number of anilines is 1. The molecular formula is C23H24ClN5O3. The lowest BCUT2D eigenvalue weighted by Gasteiger charge is -2.35. The van der Waals surface area contributed by atoms with Crippen molar-refractivity contribution in [1.29, 1.82) is 0 Å². The van der Waals surface area contributed by atoms with Crippen LogP contribution in [0.25, 0.3) is 10.9 Å². The number of benzene rings is 1. The van der Waals surface area contributed by atoms with E-state index >= 15 is 0 Å². The standard InChI is InChI=1S/C23H24ClN5O3/c1-16(30)27-8-10-28(11-9-27)18-3-5-21-20(13-18)23(32)29(15-26-21)14-19(31)4-2-17-6-7-25-22(24)12-17/h3,5-7,12-13,15H,2,4,8-11,14H2,1H3. The molecule has 0 N–H and O–H groups in total. The van der Waals surface area contributed by atoms with E-state index in [4.69, 9.17) is 11.6 Å². The first-order chi connectivity index (χ1) is 15.4. The van der Waals surface area contributed by atoms with Gasteiger partial charge in [-0.15, -0.1) is 0 Å². The van der Waals surface area contributed by atoms with Crippen LogP contribution >= 0.6 is 11.6 Å². The lowest BCUT2D eigenvalue weighted by Crippen LogP contribution is -2.48. The maximum atomic E-state index is 13.0. The van der Waals surface area contributed by atoms with Crippen LogP contribution in [0.15, 0.2) is 47.7 Å². The third-order valence-electron chi connectivity index (χ3n) is 5.73. The van der Waals surface area contributed by atoms with Crippen LogP contribution in [0.1, 0.15) is 18.9 Å². The van der Waals surface area contributed by atoms with E-state index in [1.54, 1.807) is 19.2 Å². The lowest BCUT2D eigenvalue weighted by atomic mass is 10.1. The zero-order chi connectivity index (χ0) is 22.7. The predicted octanol–water partition coefficient (Wildman–Crippen LogP) is 2.32. The minimum atomic E-state index is -0.237. The molecule has 4 rings (SSSR count). The first-order valence-electron chi connectivity index (χ1n) is 10.5. The van der Waals surface area contributed by atoms with Crippen molar-refractivity contribution in [3.05, 3.63) is 63.9 Å². The molecule has 1 aliphatic heterocycles. The lowest BCUT2D eigenvalue weighted by molar-refractivity contribution is -0.129. The molecule has 9 heteroatoms. The Bertz CT molecular complexity index is 1220. The molecule has 0 spiro atoms. The number of nitrogens with zero attached hydrogens (tertiary/aromatic N) is 5. The summed E-state index contributed by atoms with van der Waals surface area (Å²) in [4.78, 5) is 49.3. The molecule has 1 amide bonds. The van der Waals surface area contributed by atoms with Crippen LogP contribution in [0.5, 0.6) is 0 Å². The highest BCUT2D eigenvalue weighted by atomic mass is 35.5. The van der Waals surface area contributed by atoms with Gasteiger partial charge in [0.25, 0.3) is 5.56 Å². The molecule has 3 aromatic rings. The molecule has 8 nitrogen and oxygen atoms in total. The number of aryl methyl sites for hydroxylation is 1. The molecule has 0 aliphatic carbocycles. The first-order valence-corrected chi connectivity index (χ1v) is 10.9. The number of carbonyl (C=O) groups excluding carboxylic acids is 2. The molecule has 0 atom stereocenters. The van der Waals surface area contributed by atoms with Gasteiger partial charge in [0.15, 0.2) is 5.78 Å². The van der Waals surface area contributed by atoms with E-state index in [2.05, 4.69) is 14.9 Å². The van der Waals surface area contributed by atoms with Crippen LogP contribution in [-0.4, -0.2) is 57.3 Å². The molecule has 3 heterocycles. The fraction of sp³-hybridized carbons (Fsp3) is 0.348. The average Bonchev–Trinajstić information content (AvgIpc) is 2.79. The molecule has 0 unspecified atom stereocenters. The smallest absolute Gasteiger partial charge is 0.261 e. The van der Waals surface area contributed by atoms with Crippen LogP contribution in [0, 0.1) is 0 Å². The van der Waals surface area contributed by atoms with Gasteiger partial charge < -0.3 is 9.80 Å². The van der Waals surface area contributed by atoms with Gasteiger partial charge in [0.05, 0.1) is 23.8 Å². The van der Waals surface area contributed by atoms with Crippen LogP contribution < -0.4 is 10.5 Å². The summed E-state index contributed by atoms with van der Waals surface area (Å²) in [5.74, 6) is 0.0182. The number of Topliss-reactive ketones (excluding diaryl/α,β-unsaturated/α-hetero) is 1. The third-order valence-corrected chi connectivity index (χ3v) is 5.93. The summed E-state index contributed by atoms with van der Waals surface area (Å²) in [5, 5.41) is 0.871. The summed E-state index contributed by atoms with van der Waals surface area (Å²) < 4.78 is 1.36. The van der Waals surface area contributed by atoms with E-state index in [0.29, 0.717) is 55.1 Å². The highest BCUT2D eigenvalue weighted by molar-refractivity contribution is 6.29. The number of hydrogen-bond donors (Lipinski definition) is 0. The van der Waals surface area contributed by atoms with Gasteiger partial charge in [-0.1, -0.05) is 11.6 Å². The summed E-state index contributed by atoms with van der Waals surface area (Å²) in [7, 11) is 0. The molecule has 1 saturated heterocycles. The number of hydrogen-bond acceptors (Lipinski definition) is 6. The van der Waals surface area contributed by atoms with Gasteiger partial charge in [-0.3, -0.25) is 19.0 Å². The van der Waals surface area contributed by atoms with Crippen LogP contribution in [-0.2, 0) is 22.6 Å². The molecule has 1 fully saturated rings. The normalized spacial score (nSPS) is 14.1. The zero-order valence-corrected chi connectivity index (χ0v) is 18.6. The fourth-order valence-electron chi connectivity index (χ4n) is 3.89. The van der Waals surface area contributed by atoms with Gasteiger partial charge in [0, 0.05) is 51.4 Å². The Morgan fingerprint density at radius 1 is 1.06 bits per heavy atom. The number of carbonyl (C=O) groups is 2. The van der Waals surface area contributed by atoms with Crippen molar-refractivity contribution >= 4 is 39.9 Å². The van der Waals surface area contributed by atoms with Gasteiger partial charge in [-0.25, -0.2) is 9.97 Å². The minimum Gasteiger partial charge on any atom is -0.368 e. The molecule has 166 valence electrons. The molecule has 32 heavy (non-hydrogen) atoms. The van der Waals surface area contributed by atoms with Crippen molar-refractivity contribution in [3.8, 4) is 0 Å². The van der Waals surface area contributed by atoms with Gasteiger partial charge in [-0.2, -0.15) is 0 Å². The van der Waals surface area contributed by atoms with E-state index in [-0.39, 0.29) is 23.8 Å². The van der Waals surface area contributed by atoms with Crippen LogP contribution in [0.2, 0.25) is 5.15 Å². The Hall–Kier alpha value is -3.26. The van der Waals surface area contributed by atoms with Crippen molar-refractivity contribution in [1.82, 2.24) is 19.4 Å². The highest BCUT2D eigenvalue weighted by Crippen LogP contribution is 2.20. The van der Waals surface area contributed by atoms with Crippen molar-refractivity contribution < 1.29 is 9.59 Å². The van der Waals surface area contributed by atoms with Gasteiger partial charge >= 0.3 is 0 Å². The van der Waals surface area contributed by atoms with Crippen molar-refractivity contribution in [2.24, 2.45) is 0 Å². The van der Waals surface area contributed by atoms with Crippen LogP contribution in [0.4, 0.5) is 5.69 Å². The quantitative estimate of drug-likeness (QED) is 0.532. The third kappa shape index (κ3) is 4.96. The molecule has 0 radical (unpaired) electrons. The second-order valence-corrected chi connectivity index (χ2v) is 8.28. The monoisotopic (exact) mass is 453 g/mol. The van der Waals surface area contributed by atoms with E-state index in [1.165, 1.54) is 10.9 Å². The number of pyridine rings is 1. The number of aromatic nitrogens is 3. The minimum absolute atomic E-state index is 0.0257. The maximum absolute atomic E-state index is 13.0. The molecular weight excluding hydrogens is 430 g/mol. The Morgan fingerprint density at radius 2 is 1.84 bits per heavy atom. The first kappa shape index (κ1) is 22.0. The molecule has 0 saturated carbocycles. The second kappa shape index (κ2) is 9.48. The highest BCUT2D eigenvalue weighted by Gasteiger charge is 2.19. The number of fused-ring (bicyclic) bond motifs is 1. The summed E-state index contributed by atoms with van der Waals surface area (Å²) >= 11 is 5.89. The Labute approximate surface area is 190 Å². The molecule has 2 aromatic heterocycles. The van der Waals surface area contributed by atoms with E-state index in [1.807, 2.05) is 29.2 Å². The number of halogens is 1. The maximum Gasteiger partial charge on any atom is 0.261 e. The summed E-state index contributed by atoms with van der Waals surface area (Å²) in [6, 6.07) is 9.14. The van der Waals surface area contributed by atoms with Crippen molar-refractivity contribution in [3.63, 3.8) is 0 Å². The van der Waals surface area contributed by atoms with Gasteiger partial charge in [0.2, 0.25) is 5.91 Å². The Kier molecular flexibility index (Phi) is 6.50. The molecule has 1 aliphatic rings. The van der Waals surface area contributed by atoms with E-state index in [0.717, 1.165) is 11.3 Å². The molecule has 0 bridgehead atoms. The Balaban J connectivity index is 1.47. The summed E-state index contributed by atoms with van der Waals surface area (Å²) in [6.45, 7) is 4.27. The average molecular weight is 454 g/mol. The number of amides is 1. The fourth-order valence-corrected chi connectivity index (χ4v) is 4.08. The van der Waals surface area contributed by atoms with E-state index in [9.17, 15) is 14.4 Å². The predicted molar refractivity (Wildman–Crippen MR) is 123 cm³/mol. The van der Waals surface area contributed by atoms with Crippen molar-refractivity contribution in [2.75, 3.05) is 31.1 Å². The van der Waals surface area contributed by atoms with E-state index < -0.39 is 0 Å². The van der Waals surface area contributed by atoms with Gasteiger partial charge in [0.1, 0.15) is 5.15 Å². The zero-order valence-electron chi connectivity index (χ0n) is 17.8. The van der Waals surface area contributed by atoms with Crippen LogP contribution in [0.3, 0.4) is 0 Å². The molecule has 1 aromatic carbocycles. The SMILES string of the molecule is CC(=O)N1CCN(c2ccc3ncn(CC(=O)CCc4ccnc(Cl)c4)c(=O)c3c2)CC1. The van der Waals surface area contributed by atoms with Crippen molar-refractivity contribution in [2.45, 2.75) is 26.3 Å². The number of ketones is 1. The summed E-state index contributed by atoms with van der Waals surface area (Å²) in [6.07, 6.45) is 3.87. The number of rotatable bonds is 6. The Morgan fingerprint density at radius 3 is 2.56 bits per heavy atom. The topological polar surface area (TPSA) is 88.4 Å². The summed E-state index contributed by atoms with van der Waals surface area (Å²) in [5.41, 5.74) is 2.20. The van der Waals surface area contributed by atoms with Gasteiger partial charge in [-0.05, 0) is 42.3 Å². The largest absolute Gasteiger partial charge is 0.368 e.